The Labute approximate surface area is 111 Å². The van der Waals surface area contributed by atoms with Crippen LogP contribution in [0.3, 0.4) is 0 Å². The summed E-state index contributed by atoms with van der Waals surface area (Å²) in [7, 11) is -3.08. The van der Waals surface area contributed by atoms with Crippen LogP contribution >= 0.6 is 15.9 Å². The maximum Gasteiger partial charge on any atom is 0.390 e. The van der Waals surface area contributed by atoms with Gasteiger partial charge in [0.15, 0.2) is 4.98 Å². The standard InChI is InChI=1S/C7H5BrN2O4S.BrH/c1-14-5-2-4(10-9)3-6(7(5)8)15(11,12)13;/h2-3H,1H3;1H. The van der Waals surface area contributed by atoms with Gasteiger partial charge in [0, 0.05) is 0 Å². The normalized spacial score (nSPS) is 10.1. The van der Waals surface area contributed by atoms with Gasteiger partial charge >= 0.3 is 5.69 Å². The van der Waals surface area contributed by atoms with E-state index in [9.17, 15) is 8.42 Å². The van der Waals surface area contributed by atoms with Gasteiger partial charge < -0.3 is 21.7 Å². The fourth-order valence-electron chi connectivity index (χ4n) is 0.952. The van der Waals surface area contributed by atoms with Crippen LogP contribution in [0.15, 0.2) is 21.5 Å². The molecule has 0 saturated carbocycles. The van der Waals surface area contributed by atoms with Crippen molar-refractivity contribution in [3.8, 4) is 5.75 Å². The van der Waals surface area contributed by atoms with Gasteiger partial charge in [-0.2, -0.15) is 8.42 Å². The quantitative estimate of drug-likeness (QED) is 0.541. The average Bonchev–Trinajstić information content (AvgIpc) is 2.16. The third kappa shape index (κ3) is 3.15. The van der Waals surface area contributed by atoms with Crippen LogP contribution in [0.1, 0.15) is 0 Å². The summed E-state index contributed by atoms with van der Waals surface area (Å²) >= 11 is 2.95. The van der Waals surface area contributed by atoms with Crippen LogP contribution in [0.5, 0.6) is 5.75 Å². The third-order valence-electron chi connectivity index (χ3n) is 1.60. The molecule has 1 rings (SSSR count). The predicted molar refractivity (Wildman–Crippen MR) is 55.3 cm³/mol. The molecule has 88 valence electrons. The SMILES string of the molecule is COc1cc([N+]#N)cc(S(=O)(=O)O)c1Br.[Br-]. The topological polar surface area (TPSA) is 91.8 Å². The van der Waals surface area contributed by atoms with Crippen molar-refractivity contribution in [3.05, 3.63) is 21.6 Å². The first-order chi connectivity index (χ1) is 6.90. The fraction of sp³-hybridized carbons (Fsp3) is 0.143. The molecular weight excluding hydrogens is 368 g/mol. The van der Waals surface area contributed by atoms with Crippen molar-refractivity contribution in [1.82, 2.24) is 0 Å². The Hall–Kier alpha value is -0.690. The zero-order valence-electron chi connectivity index (χ0n) is 7.89. The van der Waals surface area contributed by atoms with Crippen molar-refractivity contribution in [1.29, 1.82) is 5.39 Å². The molecule has 0 spiro atoms. The number of diazo groups is 1. The van der Waals surface area contributed by atoms with E-state index in [1.54, 1.807) is 0 Å². The number of rotatable bonds is 2. The molecule has 16 heavy (non-hydrogen) atoms. The summed E-state index contributed by atoms with van der Waals surface area (Å²) in [5, 5.41) is 8.52. The van der Waals surface area contributed by atoms with Crippen molar-refractivity contribution in [2.45, 2.75) is 4.90 Å². The highest BCUT2D eigenvalue weighted by molar-refractivity contribution is 9.10. The van der Waals surface area contributed by atoms with E-state index >= 15 is 0 Å². The molecule has 0 heterocycles. The molecule has 0 aromatic heterocycles. The summed E-state index contributed by atoms with van der Waals surface area (Å²) in [6.45, 7) is 0. The van der Waals surface area contributed by atoms with E-state index in [0.717, 1.165) is 6.07 Å². The second-order valence-electron chi connectivity index (χ2n) is 2.54. The van der Waals surface area contributed by atoms with Crippen molar-refractivity contribution >= 4 is 31.7 Å². The van der Waals surface area contributed by atoms with E-state index in [-0.39, 0.29) is 32.9 Å². The molecule has 0 fully saturated rings. The largest absolute Gasteiger partial charge is 1.00 e. The summed E-state index contributed by atoms with van der Waals surface area (Å²) in [4.78, 5) is 2.40. The van der Waals surface area contributed by atoms with Gasteiger partial charge in [0.05, 0.1) is 23.7 Å². The van der Waals surface area contributed by atoms with Gasteiger partial charge in [-0.15, -0.1) is 0 Å². The van der Waals surface area contributed by atoms with Crippen LogP contribution in [-0.4, -0.2) is 20.1 Å². The zero-order valence-corrected chi connectivity index (χ0v) is 11.9. The van der Waals surface area contributed by atoms with Gasteiger partial charge in [-0.3, -0.25) is 4.55 Å². The Bertz CT molecular complexity index is 538. The van der Waals surface area contributed by atoms with Crippen LogP contribution in [0.2, 0.25) is 0 Å². The monoisotopic (exact) mass is 372 g/mol. The molecule has 1 N–H and O–H groups in total. The number of hydrogen-bond acceptors (Lipinski definition) is 4. The van der Waals surface area contributed by atoms with Crippen LogP contribution < -0.4 is 21.7 Å². The van der Waals surface area contributed by atoms with E-state index in [1.165, 1.54) is 13.2 Å². The highest BCUT2D eigenvalue weighted by Gasteiger charge is 2.23. The molecule has 9 heteroatoms. The summed E-state index contributed by atoms with van der Waals surface area (Å²) in [6, 6.07) is 2.31. The van der Waals surface area contributed by atoms with Crippen molar-refractivity contribution in [2.24, 2.45) is 0 Å². The molecule has 0 saturated heterocycles. The summed E-state index contributed by atoms with van der Waals surface area (Å²) < 4.78 is 35.6. The molecule has 0 amide bonds. The van der Waals surface area contributed by atoms with Gasteiger partial charge in [0.1, 0.15) is 10.6 Å². The van der Waals surface area contributed by atoms with E-state index in [0.29, 0.717) is 0 Å². The summed E-state index contributed by atoms with van der Waals surface area (Å²) in [5.74, 6) is 0.137. The maximum absolute atomic E-state index is 10.9. The maximum atomic E-state index is 10.9. The average molecular weight is 374 g/mol. The lowest BCUT2D eigenvalue weighted by atomic mass is 10.3. The molecule has 0 atom stereocenters. The van der Waals surface area contributed by atoms with E-state index < -0.39 is 15.0 Å². The van der Waals surface area contributed by atoms with Crippen molar-refractivity contribution in [3.63, 3.8) is 0 Å². The first-order valence-electron chi connectivity index (χ1n) is 3.60. The van der Waals surface area contributed by atoms with Crippen LogP contribution in [-0.2, 0) is 10.1 Å². The third-order valence-corrected chi connectivity index (χ3v) is 3.56. The van der Waals surface area contributed by atoms with Crippen molar-refractivity contribution < 1.29 is 34.7 Å². The lowest BCUT2D eigenvalue weighted by Gasteiger charge is -2.04. The molecule has 1 aromatic carbocycles. The Morgan fingerprint density at radius 3 is 2.44 bits per heavy atom. The molecule has 6 nitrogen and oxygen atoms in total. The Morgan fingerprint density at radius 2 is 2.06 bits per heavy atom. The first-order valence-corrected chi connectivity index (χ1v) is 5.83. The first kappa shape index (κ1) is 15.3. The molecule has 0 aliphatic carbocycles. The molecule has 0 bridgehead atoms. The summed E-state index contributed by atoms with van der Waals surface area (Å²) in [6.07, 6.45) is 0. The van der Waals surface area contributed by atoms with Gasteiger partial charge in [-0.25, -0.2) is 0 Å². The second kappa shape index (κ2) is 5.58. The number of nitrogens with zero attached hydrogens (tertiary/aromatic N) is 2. The Morgan fingerprint density at radius 1 is 1.50 bits per heavy atom. The number of benzene rings is 1. The Kier molecular flexibility index (Phi) is 5.34. The molecular formula is C7H6Br2N2O4S. The number of halogens is 2. The molecule has 1 aromatic rings. The van der Waals surface area contributed by atoms with E-state index in [1.807, 2.05) is 0 Å². The minimum absolute atomic E-state index is 0. The van der Waals surface area contributed by atoms with Gasteiger partial charge in [0.25, 0.3) is 10.1 Å². The molecule has 0 aliphatic heterocycles. The van der Waals surface area contributed by atoms with E-state index in [2.05, 4.69) is 20.9 Å². The number of hydrogen-bond donors (Lipinski definition) is 1. The summed E-state index contributed by atoms with van der Waals surface area (Å²) in [5.41, 5.74) is -0.0392. The highest BCUT2D eigenvalue weighted by Crippen LogP contribution is 2.35. The van der Waals surface area contributed by atoms with E-state index in [4.69, 9.17) is 14.7 Å². The van der Waals surface area contributed by atoms with Crippen LogP contribution in [0.25, 0.3) is 4.98 Å². The predicted octanol–water partition coefficient (Wildman–Crippen LogP) is -0.807. The second-order valence-corrected chi connectivity index (χ2v) is 4.72. The molecule has 0 unspecified atom stereocenters. The van der Waals surface area contributed by atoms with Crippen LogP contribution in [0.4, 0.5) is 5.69 Å². The fourth-order valence-corrected chi connectivity index (χ4v) is 2.55. The molecule has 0 radical (unpaired) electrons. The van der Waals surface area contributed by atoms with Crippen molar-refractivity contribution in [2.75, 3.05) is 7.11 Å². The number of ether oxygens (including phenoxy) is 1. The Balaban J connectivity index is 0.00000225. The van der Waals surface area contributed by atoms with Gasteiger partial charge in [0.2, 0.25) is 5.39 Å². The minimum Gasteiger partial charge on any atom is -1.00 e. The van der Waals surface area contributed by atoms with Gasteiger partial charge in [-0.05, 0) is 15.9 Å². The molecule has 0 aliphatic rings. The smallest absolute Gasteiger partial charge is 0.390 e. The van der Waals surface area contributed by atoms with Crippen LogP contribution in [0, 0.1) is 5.39 Å². The number of methoxy groups -OCH3 is 1. The van der Waals surface area contributed by atoms with Gasteiger partial charge in [-0.1, -0.05) is 0 Å². The lowest BCUT2D eigenvalue weighted by Crippen LogP contribution is -3.00. The minimum atomic E-state index is -4.40. The zero-order chi connectivity index (χ0) is 11.6. The highest BCUT2D eigenvalue weighted by atomic mass is 79.9. The lowest BCUT2D eigenvalue weighted by molar-refractivity contribution is -0.00000761.